The number of carbonyl (C=O) groups excluding carboxylic acids is 1. The fraction of sp³-hybridized carbons (Fsp3) is 0.889. The minimum absolute atomic E-state index is 0.344. The summed E-state index contributed by atoms with van der Waals surface area (Å²) in [5.74, 6) is 0. The summed E-state index contributed by atoms with van der Waals surface area (Å²) in [7, 11) is 0. The van der Waals surface area contributed by atoms with E-state index in [9.17, 15) is 4.79 Å². The zero-order valence-corrected chi connectivity index (χ0v) is 8.58. The SMILES string of the molecule is CCCCO.CCCCOC(N)=O. The Morgan fingerprint density at radius 1 is 1.31 bits per heavy atom. The molecule has 0 saturated carbocycles. The van der Waals surface area contributed by atoms with Gasteiger partial charge in [0.1, 0.15) is 0 Å². The topological polar surface area (TPSA) is 72.6 Å². The summed E-state index contributed by atoms with van der Waals surface area (Å²) in [4.78, 5) is 9.87. The van der Waals surface area contributed by atoms with E-state index in [1.165, 1.54) is 0 Å². The fourth-order valence-corrected chi connectivity index (χ4v) is 0.475. The first-order valence-corrected chi connectivity index (χ1v) is 4.72. The van der Waals surface area contributed by atoms with E-state index in [1.807, 2.05) is 6.92 Å². The van der Waals surface area contributed by atoms with Gasteiger partial charge in [0.2, 0.25) is 0 Å². The van der Waals surface area contributed by atoms with Crippen LogP contribution in [0.25, 0.3) is 0 Å². The number of aliphatic hydroxyl groups is 1. The fourth-order valence-electron chi connectivity index (χ4n) is 0.475. The molecule has 0 aliphatic heterocycles. The molecule has 0 aliphatic rings. The van der Waals surface area contributed by atoms with Gasteiger partial charge in [0.25, 0.3) is 0 Å². The Morgan fingerprint density at radius 2 is 1.85 bits per heavy atom. The van der Waals surface area contributed by atoms with Gasteiger partial charge in [-0.25, -0.2) is 4.79 Å². The van der Waals surface area contributed by atoms with Gasteiger partial charge < -0.3 is 15.6 Å². The molecule has 0 aliphatic carbocycles. The van der Waals surface area contributed by atoms with Crippen LogP contribution in [-0.4, -0.2) is 24.4 Å². The van der Waals surface area contributed by atoms with Gasteiger partial charge in [-0.15, -0.1) is 0 Å². The number of hydrogen-bond donors (Lipinski definition) is 2. The predicted octanol–water partition coefficient (Wildman–Crippen LogP) is 1.66. The number of rotatable bonds is 5. The standard InChI is InChI=1S/C5H11NO2.C4H10O/c1-2-3-4-8-5(6)7;1-2-3-4-5/h2-4H2,1H3,(H2,6,7);5H,2-4H2,1H3. The third kappa shape index (κ3) is 24.6. The molecule has 4 heteroatoms. The molecule has 0 heterocycles. The first kappa shape index (κ1) is 14.7. The average Bonchev–Trinajstić information content (AvgIpc) is 2.07. The van der Waals surface area contributed by atoms with Gasteiger partial charge in [-0.05, 0) is 12.8 Å². The van der Waals surface area contributed by atoms with Gasteiger partial charge in [-0.1, -0.05) is 26.7 Å². The highest BCUT2D eigenvalue weighted by Crippen LogP contribution is 1.85. The van der Waals surface area contributed by atoms with Crippen molar-refractivity contribution in [2.24, 2.45) is 5.73 Å². The zero-order chi connectivity index (χ0) is 10.5. The lowest BCUT2D eigenvalue weighted by Crippen LogP contribution is -2.13. The van der Waals surface area contributed by atoms with E-state index in [0.29, 0.717) is 13.2 Å². The Hall–Kier alpha value is -0.770. The van der Waals surface area contributed by atoms with Crippen LogP contribution < -0.4 is 5.73 Å². The molecule has 0 bridgehead atoms. The third-order valence-corrected chi connectivity index (χ3v) is 1.25. The van der Waals surface area contributed by atoms with E-state index >= 15 is 0 Å². The number of nitrogens with two attached hydrogens (primary N) is 1. The molecule has 0 aromatic carbocycles. The number of hydrogen-bond acceptors (Lipinski definition) is 3. The van der Waals surface area contributed by atoms with Gasteiger partial charge in [0.05, 0.1) is 6.61 Å². The number of ether oxygens (including phenoxy) is 1. The Morgan fingerprint density at radius 3 is 2.08 bits per heavy atom. The van der Waals surface area contributed by atoms with Crippen LogP contribution in [0.3, 0.4) is 0 Å². The summed E-state index contributed by atoms with van der Waals surface area (Å²) in [6.07, 6.45) is 3.27. The Bertz CT molecular complexity index is 105. The molecule has 0 radical (unpaired) electrons. The molecule has 0 fully saturated rings. The molecule has 0 saturated heterocycles. The second-order valence-electron chi connectivity index (χ2n) is 2.60. The minimum atomic E-state index is -0.682. The van der Waals surface area contributed by atoms with E-state index in [1.54, 1.807) is 0 Å². The maximum atomic E-state index is 9.87. The average molecular weight is 191 g/mol. The van der Waals surface area contributed by atoms with Crippen LogP contribution in [0, 0.1) is 0 Å². The second kappa shape index (κ2) is 13.8. The summed E-state index contributed by atoms with van der Waals surface area (Å²) in [6.45, 7) is 4.86. The van der Waals surface area contributed by atoms with Crippen LogP contribution >= 0.6 is 0 Å². The van der Waals surface area contributed by atoms with Crippen molar-refractivity contribution < 1.29 is 14.6 Å². The van der Waals surface area contributed by atoms with Crippen LogP contribution in [0.2, 0.25) is 0 Å². The lowest BCUT2D eigenvalue weighted by molar-refractivity contribution is 0.155. The summed E-state index contributed by atoms with van der Waals surface area (Å²) in [5.41, 5.74) is 4.67. The highest BCUT2D eigenvalue weighted by atomic mass is 16.5. The monoisotopic (exact) mass is 191 g/mol. The van der Waals surface area contributed by atoms with Crippen LogP contribution in [0.5, 0.6) is 0 Å². The van der Waals surface area contributed by atoms with E-state index in [0.717, 1.165) is 25.7 Å². The number of primary amides is 1. The van der Waals surface area contributed by atoms with Gasteiger partial charge in [-0.2, -0.15) is 0 Å². The maximum absolute atomic E-state index is 9.87. The van der Waals surface area contributed by atoms with Gasteiger partial charge in [0, 0.05) is 6.61 Å². The van der Waals surface area contributed by atoms with Gasteiger partial charge in [0.15, 0.2) is 0 Å². The zero-order valence-electron chi connectivity index (χ0n) is 8.58. The highest BCUT2D eigenvalue weighted by Gasteiger charge is 1.88. The molecule has 80 valence electrons. The molecule has 3 N–H and O–H groups in total. The maximum Gasteiger partial charge on any atom is 0.404 e. The van der Waals surface area contributed by atoms with Crippen molar-refractivity contribution in [1.29, 1.82) is 0 Å². The highest BCUT2D eigenvalue weighted by molar-refractivity contribution is 5.64. The summed E-state index contributed by atoms with van der Waals surface area (Å²) in [5, 5.41) is 8.07. The van der Waals surface area contributed by atoms with Crippen molar-refractivity contribution >= 4 is 6.09 Å². The molecule has 0 rings (SSSR count). The Labute approximate surface area is 80.1 Å². The number of carbonyl (C=O) groups is 1. The lowest BCUT2D eigenvalue weighted by Gasteiger charge is -1.95. The van der Waals surface area contributed by atoms with Gasteiger partial charge in [-0.3, -0.25) is 0 Å². The molecule has 13 heavy (non-hydrogen) atoms. The molecular formula is C9H21NO3. The number of amides is 1. The Balaban J connectivity index is 0. The van der Waals surface area contributed by atoms with Crippen molar-refractivity contribution in [2.75, 3.05) is 13.2 Å². The molecule has 0 spiro atoms. The molecule has 0 atom stereocenters. The molecule has 0 aromatic rings. The quantitative estimate of drug-likeness (QED) is 0.649. The lowest BCUT2D eigenvalue weighted by atomic mass is 10.4. The van der Waals surface area contributed by atoms with Crippen LogP contribution in [0.15, 0.2) is 0 Å². The number of unbranched alkanes of at least 4 members (excludes halogenated alkanes) is 2. The summed E-state index contributed by atoms with van der Waals surface area (Å²) < 4.78 is 4.42. The normalized spacial score (nSPS) is 8.54. The molecule has 0 aromatic heterocycles. The van der Waals surface area contributed by atoms with E-state index in [2.05, 4.69) is 17.4 Å². The van der Waals surface area contributed by atoms with Crippen molar-refractivity contribution in [3.8, 4) is 0 Å². The molecule has 0 unspecified atom stereocenters. The van der Waals surface area contributed by atoms with Crippen molar-refractivity contribution in [1.82, 2.24) is 0 Å². The predicted molar refractivity (Wildman–Crippen MR) is 52.4 cm³/mol. The first-order valence-electron chi connectivity index (χ1n) is 4.72. The second-order valence-corrected chi connectivity index (χ2v) is 2.60. The van der Waals surface area contributed by atoms with Crippen molar-refractivity contribution in [3.63, 3.8) is 0 Å². The van der Waals surface area contributed by atoms with Crippen molar-refractivity contribution in [2.45, 2.75) is 39.5 Å². The van der Waals surface area contributed by atoms with E-state index < -0.39 is 6.09 Å². The van der Waals surface area contributed by atoms with Crippen LogP contribution in [0.1, 0.15) is 39.5 Å². The largest absolute Gasteiger partial charge is 0.450 e. The summed E-state index contributed by atoms with van der Waals surface area (Å²) >= 11 is 0. The van der Waals surface area contributed by atoms with E-state index in [-0.39, 0.29) is 0 Å². The summed E-state index contributed by atoms with van der Waals surface area (Å²) in [6, 6.07) is 0. The Kier molecular flexibility index (Phi) is 15.6. The van der Waals surface area contributed by atoms with E-state index in [4.69, 9.17) is 5.11 Å². The molecule has 1 amide bonds. The van der Waals surface area contributed by atoms with Gasteiger partial charge >= 0.3 is 6.09 Å². The van der Waals surface area contributed by atoms with Crippen molar-refractivity contribution in [3.05, 3.63) is 0 Å². The molecule has 4 nitrogen and oxygen atoms in total. The minimum Gasteiger partial charge on any atom is -0.450 e. The molecular weight excluding hydrogens is 170 g/mol. The smallest absolute Gasteiger partial charge is 0.404 e. The first-order chi connectivity index (χ1) is 6.18. The number of aliphatic hydroxyl groups excluding tert-OH is 1. The van der Waals surface area contributed by atoms with Crippen LogP contribution in [-0.2, 0) is 4.74 Å². The third-order valence-electron chi connectivity index (χ3n) is 1.25. The van der Waals surface area contributed by atoms with Crippen LogP contribution in [0.4, 0.5) is 4.79 Å².